The second-order valence-electron chi connectivity index (χ2n) is 6.36. The molecule has 4 heterocycles. The molecule has 4 heteroatoms. The Morgan fingerprint density at radius 2 is 1.91 bits per heavy atom. The largest absolute Gasteiger partial charge is 0.294 e. The smallest absolute Gasteiger partial charge is 0.0543 e. The van der Waals surface area contributed by atoms with Crippen molar-refractivity contribution >= 4 is 15.9 Å². The molecule has 3 nitrogen and oxygen atoms in total. The van der Waals surface area contributed by atoms with Crippen LogP contribution >= 0.6 is 15.9 Å². The van der Waals surface area contributed by atoms with E-state index in [0.29, 0.717) is 12.1 Å². The van der Waals surface area contributed by atoms with E-state index in [4.69, 9.17) is 0 Å². The number of aromatic nitrogens is 1. The third-order valence-corrected chi connectivity index (χ3v) is 5.28. The average molecular weight is 358 g/mol. The Labute approximate surface area is 140 Å². The van der Waals surface area contributed by atoms with E-state index in [9.17, 15) is 0 Å². The number of hydrogen-bond acceptors (Lipinski definition) is 3. The van der Waals surface area contributed by atoms with Gasteiger partial charge in [-0.15, -0.1) is 0 Å². The van der Waals surface area contributed by atoms with Crippen molar-refractivity contribution in [2.24, 2.45) is 0 Å². The second kappa shape index (κ2) is 6.11. The van der Waals surface area contributed by atoms with E-state index in [1.165, 1.54) is 35.2 Å². The van der Waals surface area contributed by atoms with Crippen LogP contribution in [0.15, 0.2) is 53.1 Å². The summed E-state index contributed by atoms with van der Waals surface area (Å²) in [5, 5.41) is 0. The first-order chi connectivity index (χ1) is 10.8. The molecule has 5 rings (SSSR count). The summed E-state index contributed by atoms with van der Waals surface area (Å²) in [5.41, 5.74) is 2.59. The zero-order chi connectivity index (χ0) is 14.9. The second-order valence-corrected chi connectivity index (χ2v) is 7.28. The van der Waals surface area contributed by atoms with E-state index in [-0.39, 0.29) is 0 Å². The van der Waals surface area contributed by atoms with E-state index in [1.807, 2.05) is 12.3 Å². The molecule has 3 aliphatic heterocycles. The van der Waals surface area contributed by atoms with Gasteiger partial charge in [0.1, 0.15) is 0 Å². The zero-order valence-electron chi connectivity index (χ0n) is 12.5. The lowest BCUT2D eigenvalue weighted by Gasteiger charge is -2.56. The molecule has 3 fully saturated rings. The van der Waals surface area contributed by atoms with Crippen LogP contribution in [0.3, 0.4) is 0 Å². The lowest BCUT2D eigenvalue weighted by atomic mass is 9.86. The van der Waals surface area contributed by atoms with Crippen LogP contribution in [-0.4, -0.2) is 40.0 Å². The van der Waals surface area contributed by atoms with Gasteiger partial charge < -0.3 is 0 Å². The van der Waals surface area contributed by atoms with Crippen molar-refractivity contribution in [1.82, 2.24) is 14.8 Å². The Morgan fingerprint density at radius 3 is 2.64 bits per heavy atom. The van der Waals surface area contributed by atoms with Crippen LogP contribution in [0.1, 0.15) is 17.7 Å². The molecule has 0 aliphatic carbocycles. The quantitative estimate of drug-likeness (QED) is 0.836. The van der Waals surface area contributed by atoms with Crippen LogP contribution in [0, 0.1) is 0 Å². The van der Waals surface area contributed by atoms with Gasteiger partial charge in [-0.1, -0.05) is 34.1 Å². The Hall–Kier alpha value is -1.23. The molecular weight excluding hydrogens is 338 g/mol. The summed E-state index contributed by atoms with van der Waals surface area (Å²) in [7, 11) is 0. The fourth-order valence-corrected chi connectivity index (χ4v) is 4.18. The van der Waals surface area contributed by atoms with Crippen LogP contribution in [0.5, 0.6) is 0 Å². The van der Waals surface area contributed by atoms with Crippen molar-refractivity contribution in [3.05, 3.63) is 64.4 Å². The van der Waals surface area contributed by atoms with Crippen molar-refractivity contribution in [1.29, 1.82) is 0 Å². The van der Waals surface area contributed by atoms with Gasteiger partial charge in [-0.2, -0.15) is 0 Å². The highest BCUT2D eigenvalue weighted by molar-refractivity contribution is 9.10. The summed E-state index contributed by atoms with van der Waals surface area (Å²) in [6.07, 6.45) is 3.24. The molecule has 0 amide bonds. The number of benzene rings is 1. The molecule has 3 aliphatic rings. The maximum absolute atomic E-state index is 4.45. The third kappa shape index (κ3) is 2.96. The van der Waals surface area contributed by atoms with E-state index in [1.54, 1.807) is 0 Å². The summed E-state index contributed by atoms with van der Waals surface area (Å²) in [4.78, 5) is 9.67. The highest BCUT2D eigenvalue weighted by atomic mass is 79.9. The molecule has 1 aromatic heterocycles. The molecule has 3 saturated heterocycles. The van der Waals surface area contributed by atoms with Gasteiger partial charge in [-0.25, -0.2) is 0 Å². The lowest BCUT2D eigenvalue weighted by molar-refractivity contribution is -0.0777. The molecule has 114 valence electrons. The summed E-state index contributed by atoms with van der Waals surface area (Å²) in [5.74, 6) is 0. The first kappa shape index (κ1) is 14.4. The highest BCUT2D eigenvalue weighted by Crippen LogP contribution is 2.34. The Bertz CT molecular complexity index is 634. The maximum atomic E-state index is 4.45. The Kier molecular flexibility index (Phi) is 3.99. The number of piperidine rings is 1. The molecule has 22 heavy (non-hydrogen) atoms. The van der Waals surface area contributed by atoms with Gasteiger partial charge >= 0.3 is 0 Å². The molecule has 2 atom stereocenters. The van der Waals surface area contributed by atoms with Crippen molar-refractivity contribution < 1.29 is 0 Å². The van der Waals surface area contributed by atoms with E-state index >= 15 is 0 Å². The molecule has 1 aromatic carbocycles. The minimum Gasteiger partial charge on any atom is -0.294 e. The number of hydrogen-bond donors (Lipinski definition) is 0. The van der Waals surface area contributed by atoms with Crippen molar-refractivity contribution in [2.75, 3.05) is 13.1 Å². The van der Waals surface area contributed by atoms with Gasteiger partial charge in [-0.05, 0) is 36.2 Å². The standard InChI is InChI=1S/C18H20BrN3/c19-15-5-3-4-14(8-15)10-22-17-9-18(22)13-21(12-17)11-16-6-1-2-7-20-16/h1-8,17-18H,9-13H2. The van der Waals surface area contributed by atoms with Crippen LogP contribution in [0.4, 0.5) is 0 Å². The van der Waals surface area contributed by atoms with Gasteiger partial charge in [0.25, 0.3) is 0 Å². The van der Waals surface area contributed by atoms with Gasteiger partial charge in [0.15, 0.2) is 0 Å². The first-order valence-electron chi connectivity index (χ1n) is 7.90. The summed E-state index contributed by atoms with van der Waals surface area (Å²) in [6.45, 7) is 4.40. The Morgan fingerprint density at radius 1 is 1.05 bits per heavy atom. The van der Waals surface area contributed by atoms with Crippen LogP contribution < -0.4 is 0 Å². The normalized spacial score (nSPS) is 25.0. The molecule has 2 aromatic rings. The van der Waals surface area contributed by atoms with Gasteiger partial charge in [0.2, 0.25) is 0 Å². The minimum absolute atomic E-state index is 0.710. The topological polar surface area (TPSA) is 19.4 Å². The fourth-order valence-electron chi connectivity index (χ4n) is 3.73. The lowest BCUT2D eigenvalue weighted by Crippen LogP contribution is -2.67. The monoisotopic (exact) mass is 357 g/mol. The minimum atomic E-state index is 0.710. The maximum Gasteiger partial charge on any atom is 0.0543 e. The van der Waals surface area contributed by atoms with Crippen LogP contribution in [0.25, 0.3) is 0 Å². The molecular formula is C18H20BrN3. The van der Waals surface area contributed by atoms with E-state index in [0.717, 1.165) is 13.1 Å². The molecule has 0 saturated carbocycles. The molecule has 0 N–H and O–H groups in total. The van der Waals surface area contributed by atoms with Gasteiger partial charge in [-0.3, -0.25) is 14.8 Å². The van der Waals surface area contributed by atoms with Crippen molar-refractivity contribution in [2.45, 2.75) is 31.6 Å². The third-order valence-electron chi connectivity index (χ3n) is 4.79. The summed E-state index contributed by atoms with van der Waals surface area (Å²) >= 11 is 3.57. The predicted molar refractivity (Wildman–Crippen MR) is 91.4 cm³/mol. The molecule has 0 spiro atoms. The number of nitrogens with zero attached hydrogens (tertiary/aromatic N) is 3. The fraction of sp³-hybridized carbons (Fsp3) is 0.389. The Balaban J connectivity index is 1.36. The van der Waals surface area contributed by atoms with Crippen molar-refractivity contribution in [3.8, 4) is 0 Å². The number of rotatable bonds is 4. The number of piperazine rings is 1. The van der Waals surface area contributed by atoms with Gasteiger partial charge in [0, 0.05) is 48.9 Å². The van der Waals surface area contributed by atoms with E-state index in [2.05, 4.69) is 67.1 Å². The van der Waals surface area contributed by atoms with Crippen LogP contribution in [-0.2, 0) is 13.1 Å². The highest BCUT2D eigenvalue weighted by Gasteiger charge is 2.44. The SMILES string of the molecule is Brc1cccc(CN2C3CC2CN(Cc2ccccn2)C3)c1. The summed E-state index contributed by atoms with van der Waals surface area (Å²) < 4.78 is 1.17. The van der Waals surface area contributed by atoms with Gasteiger partial charge in [0.05, 0.1) is 5.69 Å². The zero-order valence-corrected chi connectivity index (χ0v) is 14.1. The average Bonchev–Trinajstić information content (AvgIpc) is 2.54. The molecule has 0 radical (unpaired) electrons. The van der Waals surface area contributed by atoms with Crippen LogP contribution in [0.2, 0.25) is 0 Å². The number of pyridine rings is 1. The molecule has 2 unspecified atom stereocenters. The first-order valence-corrected chi connectivity index (χ1v) is 8.70. The van der Waals surface area contributed by atoms with E-state index < -0.39 is 0 Å². The summed E-state index contributed by atoms with van der Waals surface area (Å²) in [6, 6.07) is 16.3. The predicted octanol–water partition coefficient (Wildman–Crippen LogP) is 3.30. The molecule has 2 bridgehead atoms. The number of halogens is 1. The number of fused-ring (bicyclic) bond motifs is 2. The van der Waals surface area contributed by atoms with Crippen molar-refractivity contribution in [3.63, 3.8) is 0 Å².